The van der Waals surface area contributed by atoms with Crippen LogP contribution in [0.15, 0.2) is 18.2 Å². The predicted octanol–water partition coefficient (Wildman–Crippen LogP) is 1.65. The first-order valence-electron chi connectivity index (χ1n) is 4.79. The van der Waals surface area contributed by atoms with E-state index in [0.717, 1.165) is 7.11 Å². The number of rotatable bonds is 4. The highest BCUT2D eigenvalue weighted by Gasteiger charge is 2.26. The van der Waals surface area contributed by atoms with E-state index in [1.54, 1.807) is 6.07 Å². The van der Waals surface area contributed by atoms with Gasteiger partial charge in [-0.25, -0.2) is 4.79 Å². The number of carbonyl (C=O) groups is 1. The second-order valence-corrected chi connectivity index (χ2v) is 4.07. The van der Waals surface area contributed by atoms with Gasteiger partial charge in [0.15, 0.2) is 6.10 Å². The fraction of sp³-hybridized carbons (Fsp3) is 0.364. The molecule has 1 aromatic rings. The van der Waals surface area contributed by atoms with Gasteiger partial charge < -0.3 is 14.9 Å². The first kappa shape index (κ1) is 14.3. The van der Waals surface area contributed by atoms with E-state index in [1.165, 1.54) is 12.1 Å². The van der Waals surface area contributed by atoms with Crippen molar-refractivity contribution in [2.24, 2.45) is 0 Å². The number of halogens is 2. The van der Waals surface area contributed by atoms with Gasteiger partial charge in [0.05, 0.1) is 7.11 Å². The van der Waals surface area contributed by atoms with E-state index in [0.29, 0.717) is 16.1 Å². The molecule has 0 bridgehead atoms. The van der Waals surface area contributed by atoms with Crippen LogP contribution in [-0.4, -0.2) is 29.4 Å². The summed E-state index contributed by atoms with van der Waals surface area (Å²) in [5.41, 5.74) is 0.963. The molecule has 0 aliphatic heterocycles. The van der Waals surface area contributed by atoms with Crippen molar-refractivity contribution in [3.8, 4) is 0 Å². The topological polar surface area (TPSA) is 66.8 Å². The largest absolute Gasteiger partial charge is 0.467 e. The number of carbonyl (C=O) groups excluding carboxylic acids is 1. The molecule has 4 nitrogen and oxygen atoms in total. The quantitative estimate of drug-likeness (QED) is 0.649. The molecule has 0 aliphatic carbocycles. The minimum atomic E-state index is -1.63. The summed E-state index contributed by atoms with van der Waals surface area (Å²) < 4.78 is 4.33. The van der Waals surface area contributed by atoms with Crippen LogP contribution < -0.4 is 0 Å². The molecule has 6 heteroatoms. The molecule has 2 unspecified atom stereocenters. The SMILES string of the molecule is COC(=O)C(O)C(O)c1ccc(Cl)c(CCl)c1. The third kappa shape index (κ3) is 3.33. The molecule has 0 fully saturated rings. The summed E-state index contributed by atoms with van der Waals surface area (Å²) >= 11 is 11.5. The number of aliphatic hydroxyl groups is 2. The maximum Gasteiger partial charge on any atom is 0.337 e. The van der Waals surface area contributed by atoms with Crippen LogP contribution >= 0.6 is 23.2 Å². The Labute approximate surface area is 109 Å². The second kappa shape index (κ2) is 6.21. The molecule has 0 spiro atoms. The van der Waals surface area contributed by atoms with Crippen molar-refractivity contribution in [2.45, 2.75) is 18.1 Å². The monoisotopic (exact) mass is 278 g/mol. The minimum Gasteiger partial charge on any atom is -0.467 e. The zero-order chi connectivity index (χ0) is 13.0. The van der Waals surface area contributed by atoms with E-state index in [1.807, 2.05) is 0 Å². The van der Waals surface area contributed by atoms with Crippen molar-refractivity contribution in [2.75, 3.05) is 7.11 Å². The number of aliphatic hydroxyl groups excluding tert-OH is 2. The number of hydrogen-bond donors (Lipinski definition) is 2. The van der Waals surface area contributed by atoms with Crippen molar-refractivity contribution in [3.05, 3.63) is 34.3 Å². The number of methoxy groups -OCH3 is 1. The van der Waals surface area contributed by atoms with Crippen molar-refractivity contribution in [3.63, 3.8) is 0 Å². The lowest BCUT2D eigenvalue weighted by Crippen LogP contribution is -2.29. The number of ether oxygens (including phenoxy) is 1. The molecule has 0 saturated heterocycles. The first-order valence-corrected chi connectivity index (χ1v) is 5.70. The summed E-state index contributed by atoms with van der Waals surface area (Å²) in [5, 5.41) is 19.7. The zero-order valence-corrected chi connectivity index (χ0v) is 10.6. The van der Waals surface area contributed by atoms with Gasteiger partial charge in [-0.05, 0) is 17.2 Å². The molecule has 0 heterocycles. The van der Waals surface area contributed by atoms with Crippen LogP contribution in [0.5, 0.6) is 0 Å². The summed E-state index contributed by atoms with van der Waals surface area (Å²) in [6.07, 6.45) is -3.01. The molecule has 0 aliphatic rings. The Kier molecular flexibility index (Phi) is 5.21. The van der Waals surface area contributed by atoms with Crippen LogP contribution in [0.4, 0.5) is 0 Å². The highest BCUT2D eigenvalue weighted by atomic mass is 35.5. The third-order valence-electron chi connectivity index (χ3n) is 2.30. The van der Waals surface area contributed by atoms with Crippen LogP contribution in [0, 0.1) is 0 Å². The first-order chi connectivity index (χ1) is 8.01. The van der Waals surface area contributed by atoms with Gasteiger partial charge in [0.2, 0.25) is 0 Å². The van der Waals surface area contributed by atoms with Crippen molar-refractivity contribution >= 4 is 29.2 Å². The number of alkyl halides is 1. The third-order valence-corrected chi connectivity index (χ3v) is 2.95. The zero-order valence-electron chi connectivity index (χ0n) is 9.06. The Morgan fingerprint density at radius 1 is 1.47 bits per heavy atom. The van der Waals surface area contributed by atoms with E-state index in [2.05, 4.69) is 4.74 Å². The Balaban J connectivity index is 2.96. The van der Waals surface area contributed by atoms with Gasteiger partial charge in [-0.1, -0.05) is 23.7 Å². The molecule has 17 heavy (non-hydrogen) atoms. The van der Waals surface area contributed by atoms with Gasteiger partial charge in [-0.3, -0.25) is 0 Å². The van der Waals surface area contributed by atoms with Crippen LogP contribution in [0.3, 0.4) is 0 Å². The van der Waals surface area contributed by atoms with Gasteiger partial charge in [0.1, 0.15) is 6.10 Å². The molecule has 2 N–H and O–H groups in total. The van der Waals surface area contributed by atoms with Gasteiger partial charge in [-0.2, -0.15) is 0 Å². The second-order valence-electron chi connectivity index (χ2n) is 3.40. The lowest BCUT2D eigenvalue weighted by molar-refractivity contribution is -0.156. The van der Waals surface area contributed by atoms with Crippen molar-refractivity contribution < 1.29 is 19.7 Å². The fourth-order valence-corrected chi connectivity index (χ4v) is 1.79. The van der Waals surface area contributed by atoms with Gasteiger partial charge in [0.25, 0.3) is 0 Å². The molecule has 1 aromatic carbocycles. The Morgan fingerprint density at radius 2 is 2.12 bits per heavy atom. The van der Waals surface area contributed by atoms with Crippen LogP contribution in [-0.2, 0) is 15.4 Å². The number of hydrogen-bond acceptors (Lipinski definition) is 4. The van der Waals surface area contributed by atoms with Gasteiger partial charge in [0, 0.05) is 10.9 Å². The van der Waals surface area contributed by atoms with Crippen LogP contribution in [0.2, 0.25) is 5.02 Å². The summed E-state index contributed by atoms with van der Waals surface area (Å²) in [6, 6.07) is 4.59. The average Bonchev–Trinajstić information content (AvgIpc) is 2.36. The molecule has 0 aromatic heterocycles. The van der Waals surface area contributed by atoms with Crippen molar-refractivity contribution in [1.82, 2.24) is 0 Å². The lowest BCUT2D eigenvalue weighted by Gasteiger charge is -2.16. The molecular formula is C11H12Cl2O4. The standard InChI is InChI=1S/C11H12Cl2O4/c1-17-11(16)10(15)9(14)6-2-3-8(13)7(4-6)5-12/h2-4,9-10,14-15H,5H2,1H3. The normalized spacial score (nSPS) is 14.2. The molecule has 94 valence electrons. The van der Waals surface area contributed by atoms with E-state index < -0.39 is 18.2 Å². The summed E-state index contributed by atoms with van der Waals surface area (Å²) in [4.78, 5) is 11.1. The Bertz CT molecular complexity index is 408. The summed E-state index contributed by atoms with van der Waals surface area (Å²) in [6.45, 7) is 0. The van der Waals surface area contributed by atoms with E-state index >= 15 is 0 Å². The highest BCUT2D eigenvalue weighted by Crippen LogP contribution is 2.25. The maximum atomic E-state index is 11.1. The maximum absolute atomic E-state index is 11.1. The number of esters is 1. The average molecular weight is 279 g/mol. The Hall–Kier alpha value is -0.810. The van der Waals surface area contributed by atoms with E-state index in [-0.39, 0.29) is 5.88 Å². The Morgan fingerprint density at radius 3 is 2.65 bits per heavy atom. The van der Waals surface area contributed by atoms with Gasteiger partial charge >= 0.3 is 5.97 Å². The molecule has 2 atom stereocenters. The molecule has 0 saturated carbocycles. The lowest BCUT2D eigenvalue weighted by atomic mass is 10.0. The molecular weight excluding hydrogens is 267 g/mol. The smallest absolute Gasteiger partial charge is 0.337 e. The predicted molar refractivity (Wildman–Crippen MR) is 64.0 cm³/mol. The fourth-order valence-electron chi connectivity index (χ4n) is 1.31. The van der Waals surface area contributed by atoms with Crippen LogP contribution in [0.25, 0.3) is 0 Å². The highest BCUT2D eigenvalue weighted by molar-refractivity contribution is 6.32. The van der Waals surface area contributed by atoms with E-state index in [4.69, 9.17) is 23.2 Å². The van der Waals surface area contributed by atoms with Crippen molar-refractivity contribution in [1.29, 1.82) is 0 Å². The molecule has 1 rings (SSSR count). The van der Waals surface area contributed by atoms with Crippen LogP contribution in [0.1, 0.15) is 17.2 Å². The van der Waals surface area contributed by atoms with E-state index in [9.17, 15) is 15.0 Å². The summed E-state index contributed by atoms with van der Waals surface area (Å²) in [7, 11) is 1.13. The minimum absolute atomic E-state index is 0.174. The number of benzene rings is 1. The van der Waals surface area contributed by atoms with Gasteiger partial charge in [-0.15, -0.1) is 11.6 Å². The molecule has 0 amide bonds. The molecule has 0 radical (unpaired) electrons. The summed E-state index contributed by atoms with van der Waals surface area (Å²) in [5.74, 6) is -0.729.